The molecule has 0 amide bonds. The Bertz CT molecular complexity index is 757. The lowest BCUT2D eigenvalue weighted by atomic mass is 10.0. The second-order valence-corrected chi connectivity index (χ2v) is 4.11. The van der Waals surface area contributed by atoms with E-state index < -0.39 is 5.97 Å². The zero-order chi connectivity index (χ0) is 13.4. The molecule has 0 fully saturated rings. The summed E-state index contributed by atoms with van der Waals surface area (Å²) in [4.78, 5) is 11.3. The van der Waals surface area contributed by atoms with Crippen molar-refractivity contribution in [1.29, 1.82) is 0 Å². The number of hydrogen-bond acceptors (Lipinski definition) is 2. The van der Waals surface area contributed by atoms with Crippen molar-refractivity contribution in [3.8, 4) is 11.1 Å². The maximum atomic E-state index is 13.0. The van der Waals surface area contributed by atoms with E-state index in [0.717, 1.165) is 0 Å². The van der Waals surface area contributed by atoms with Crippen LogP contribution in [0.25, 0.3) is 22.1 Å². The highest BCUT2D eigenvalue weighted by molar-refractivity contribution is 6.05. The van der Waals surface area contributed by atoms with Crippen molar-refractivity contribution < 1.29 is 18.7 Å². The average molecular weight is 256 g/mol. The number of carboxylic acid groups (broad SMARTS) is 1. The molecule has 1 N–H and O–H groups in total. The normalized spacial score (nSPS) is 10.8. The number of aromatic carboxylic acids is 1. The van der Waals surface area contributed by atoms with Crippen LogP contribution in [-0.4, -0.2) is 11.1 Å². The van der Waals surface area contributed by atoms with E-state index in [1.54, 1.807) is 36.4 Å². The Hall–Kier alpha value is -2.62. The molecular weight excluding hydrogens is 247 g/mol. The SMILES string of the molecule is O=C(O)c1oc2ccccc2c1-c1ccc(F)cc1. The summed E-state index contributed by atoms with van der Waals surface area (Å²) in [6.07, 6.45) is 0. The van der Waals surface area contributed by atoms with E-state index in [9.17, 15) is 14.3 Å². The highest BCUT2D eigenvalue weighted by Crippen LogP contribution is 2.34. The van der Waals surface area contributed by atoms with Crippen LogP contribution in [0.4, 0.5) is 4.39 Å². The average Bonchev–Trinajstić information content (AvgIpc) is 2.79. The van der Waals surface area contributed by atoms with Crippen molar-refractivity contribution in [3.63, 3.8) is 0 Å². The van der Waals surface area contributed by atoms with Gasteiger partial charge in [0.25, 0.3) is 0 Å². The Morgan fingerprint density at radius 2 is 1.74 bits per heavy atom. The second-order valence-electron chi connectivity index (χ2n) is 4.11. The molecule has 0 saturated carbocycles. The van der Waals surface area contributed by atoms with Crippen LogP contribution in [-0.2, 0) is 0 Å². The van der Waals surface area contributed by atoms with E-state index in [0.29, 0.717) is 22.1 Å². The van der Waals surface area contributed by atoms with Crippen LogP contribution in [0.15, 0.2) is 52.9 Å². The lowest BCUT2D eigenvalue weighted by Gasteiger charge is -2.00. The summed E-state index contributed by atoms with van der Waals surface area (Å²) in [5.41, 5.74) is 1.59. The molecule has 0 aliphatic carbocycles. The Morgan fingerprint density at radius 1 is 1.05 bits per heavy atom. The third-order valence-electron chi connectivity index (χ3n) is 2.92. The second kappa shape index (κ2) is 4.24. The highest BCUT2D eigenvalue weighted by Gasteiger charge is 2.20. The van der Waals surface area contributed by atoms with Crippen LogP contribution in [0.1, 0.15) is 10.6 Å². The molecule has 19 heavy (non-hydrogen) atoms. The molecule has 94 valence electrons. The first-order chi connectivity index (χ1) is 9.16. The van der Waals surface area contributed by atoms with Crippen molar-refractivity contribution >= 4 is 16.9 Å². The number of para-hydroxylation sites is 1. The van der Waals surface area contributed by atoms with Gasteiger partial charge in [0.15, 0.2) is 0 Å². The molecule has 0 atom stereocenters. The summed E-state index contributed by atoms with van der Waals surface area (Å²) in [6, 6.07) is 12.7. The van der Waals surface area contributed by atoms with E-state index >= 15 is 0 Å². The summed E-state index contributed by atoms with van der Waals surface area (Å²) >= 11 is 0. The first-order valence-electron chi connectivity index (χ1n) is 5.67. The summed E-state index contributed by atoms with van der Waals surface area (Å²) in [6.45, 7) is 0. The molecule has 1 heterocycles. The van der Waals surface area contributed by atoms with Crippen molar-refractivity contribution in [2.75, 3.05) is 0 Å². The van der Waals surface area contributed by atoms with Crippen molar-refractivity contribution in [2.24, 2.45) is 0 Å². The lowest BCUT2D eigenvalue weighted by Crippen LogP contribution is -1.96. The van der Waals surface area contributed by atoms with Gasteiger partial charge in [-0.3, -0.25) is 0 Å². The molecule has 1 aromatic heterocycles. The predicted molar refractivity (Wildman–Crippen MR) is 68.6 cm³/mol. The van der Waals surface area contributed by atoms with Crippen molar-refractivity contribution in [3.05, 3.63) is 60.1 Å². The monoisotopic (exact) mass is 256 g/mol. The molecule has 4 heteroatoms. The number of halogens is 1. The van der Waals surface area contributed by atoms with E-state index in [2.05, 4.69) is 0 Å². The molecule has 0 bridgehead atoms. The van der Waals surface area contributed by atoms with Crippen LogP contribution in [0.2, 0.25) is 0 Å². The van der Waals surface area contributed by atoms with Gasteiger partial charge >= 0.3 is 5.97 Å². The summed E-state index contributed by atoms with van der Waals surface area (Å²) in [7, 11) is 0. The van der Waals surface area contributed by atoms with Crippen molar-refractivity contribution in [1.82, 2.24) is 0 Å². The molecule has 3 nitrogen and oxygen atoms in total. The molecule has 0 spiro atoms. The quantitative estimate of drug-likeness (QED) is 0.755. The molecule has 0 radical (unpaired) electrons. The van der Waals surface area contributed by atoms with E-state index in [1.807, 2.05) is 0 Å². The zero-order valence-corrected chi connectivity index (χ0v) is 9.76. The largest absolute Gasteiger partial charge is 0.475 e. The first kappa shape index (κ1) is 11.5. The lowest BCUT2D eigenvalue weighted by molar-refractivity contribution is 0.0666. The van der Waals surface area contributed by atoms with Crippen LogP contribution in [0, 0.1) is 5.82 Å². The Labute approximate surface area is 107 Å². The number of rotatable bonds is 2. The molecule has 0 unspecified atom stereocenters. The maximum Gasteiger partial charge on any atom is 0.372 e. The minimum absolute atomic E-state index is 0.132. The predicted octanol–water partition coefficient (Wildman–Crippen LogP) is 3.94. The Balaban J connectivity index is 2.34. The Morgan fingerprint density at radius 3 is 2.42 bits per heavy atom. The van der Waals surface area contributed by atoms with Crippen molar-refractivity contribution in [2.45, 2.75) is 0 Å². The first-order valence-corrected chi connectivity index (χ1v) is 5.67. The standard InChI is InChI=1S/C15H9FO3/c16-10-7-5-9(6-8-10)13-11-3-1-2-4-12(11)19-14(13)15(17)18/h1-8H,(H,17,18). The van der Waals surface area contributed by atoms with Gasteiger partial charge in [0, 0.05) is 10.9 Å². The van der Waals surface area contributed by atoms with Gasteiger partial charge in [0.05, 0.1) is 0 Å². The number of carboxylic acids is 1. The number of hydrogen-bond donors (Lipinski definition) is 1. The van der Waals surface area contributed by atoms with E-state index in [1.165, 1.54) is 12.1 Å². The topological polar surface area (TPSA) is 50.4 Å². The van der Waals surface area contributed by atoms with Gasteiger partial charge in [-0.05, 0) is 23.8 Å². The summed E-state index contributed by atoms with van der Waals surface area (Å²) in [5.74, 6) is -1.64. The molecule has 2 aromatic carbocycles. The fourth-order valence-corrected chi connectivity index (χ4v) is 2.10. The smallest absolute Gasteiger partial charge is 0.372 e. The minimum Gasteiger partial charge on any atom is -0.475 e. The van der Waals surface area contributed by atoms with Crippen LogP contribution in [0.3, 0.4) is 0 Å². The molecule has 3 aromatic rings. The van der Waals surface area contributed by atoms with Gasteiger partial charge in [0.1, 0.15) is 11.4 Å². The third-order valence-corrected chi connectivity index (χ3v) is 2.92. The molecule has 0 aliphatic heterocycles. The fourth-order valence-electron chi connectivity index (χ4n) is 2.10. The van der Waals surface area contributed by atoms with Gasteiger partial charge < -0.3 is 9.52 Å². The van der Waals surface area contributed by atoms with E-state index in [4.69, 9.17) is 4.42 Å². The van der Waals surface area contributed by atoms with Crippen LogP contribution in [0.5, 0.6) is 0 Å². The van der Waals surface area contributed by atoms with Gasteiger partial charge in [-0.25, -0.2) is 9.18 Å². The molecular formula is C15H9FO3. The van der Waals surface area contributed by atoms with Gasteiger partial charge in [-0.15, -0.1) is 0 Å². The molecule has 0 saturated heterocycles. The fraction of sp³-hybridized carbons (Fsp3) is 0. The van der Waals surface area contributed by atoms with Gasteiger partial charge in [0.2, 0.25) is 5.76 Å². The van der Waals surface area contributed by atoms with Crippen LogP contribution < -0.4 is 0 Å². The number of benzene rings is 2. The Kier molecular flexibility index (Phi) is 2.56. The number of carbonyl (C=O) groups is 1. The van der Waals surface area contributed by atoms with Gasteiger partial charge in [-0.2, -0.15) is 0 Å². The minimum atomic E-state index is -1.14. The highest BCUT2D eigenvalue weighted by atomic mass is 19.1. The maximum absolute atomic E-state index is 13.0. The third kappa shape index (κ3) is 1.87. The zero-order valence-electron chi connectivity index (χ0n) is 9.76. The summed E-state index contributed by atoms with van der Waals surface area (Å²) in [5, 5.41) is 9.92. The number of fused-ring (bicyclic) bond motifs is 1. The molecule has 0 aliphatic rings. The number of furan rings is 1. The molecule has 3 rings (SSSR count). The van der Waals surface area contributed by atoms with Crippen LogP contribution >= 0.6 is 0 Å². The summed E-state index contributed by atoms with van der Waals surface area (Å²) < 4.78 is 18.3. The van der Waals surface area contributed by atoms with E-state index in [-0.39, 0.29) is 11.6 Å². The van der Waals surface area contributed by atoms with Gasteiger partial charge in [-0.1, -0.05) is 30.3 Å².